The van der Waals surface area contributed by atoms with Gasteiger partial charge in [-0.05, 0) is 5.56 Å². The van der Waals surface area contributed by atoms with E-state index in [2.05, 4.69) is 118 Å². The van der Waals surface area contributed by atoms with Crippen molar-refractivity contribution >= 4 is 53.2 Å². The Morgan fingerprint density at radius 2 is 1.16 bits per heavy atom. The summed E-state index contributed by atoms with van der Waals surface area (Å²) in [5, 5.41) is 5.38. The molecule has 0 spiro atoms. The number of hydrogen-bond acceptors (Lipinski definition) is 0. The third-order valence-corrected chi connectivity index (χ3v) is 4.74. The van der Waals surface area contributed by atoms with Crippen LogP contribution in [0.2, 0.25) is 0 Å². The van der Waals surface area contributed by atoms with Gasteiger partial charge in [0.1, 0.15) is 0 Å². The molecule has 0 fully saturated rings. The molecule has 168 valence electrons. The first-order valence-electron chi connectivity index (χ1n) is 9.29. The van der Waals surface area contributed by atoms with Gasteiger partial charge in [0.2, 0.25) is 0 Å². The Morgan fingerprint density at radius 3 is 1.81 bits per heavy atom. The van der Waals surface area contributed by atoms with E-state index in [9.17, 15) is 0 Å². The molecule has 0 aromatic heterocycles. The van der Waals surface area contributed by atoms with Crippen LogP contribution >= 0.6 is 24.8 Å². The van der Waals surface area contributed by atoms with E-state index in [0.29, 0.717) is 0 Å². The fourth-order valence-corrected chi connectivity index (χ4v) is 3.56. The van der Waals surface area contributed by atoms with Crippen molar-refractivity contribution in [1.82, 2.24) is 0 Å². The van der Waals surface area contributed by atoms with Gasteiger partial charge in [-0.3, -0.25) is 0 Å². The van der Waals surface area contributed by atoms with Crippen molar-refractivity contribution in [2.24, 2.45) is 0 Å². The van der Waals surface area contributed by atoms with E-state index in [1.807, 2.05) is 0 Å². The Hall–Kier alpha value is -1.44. The second-order valence-electron chi connectivity index (χ2n) is 6.87. The molecule has 4 heteroatoms. The number of benzene rings is 3. The van der Waals surface area contributed by atoms with E-state index in [0.717, 1.165) is 0 Å². The van der Waals surface area contributed by atoms with Crippen molar-refractivity contribution in [2.45, 2.75) is 13.8 Å². The second kappa shape index (κ2) is 16.2. The van der Waals surface area contributed by atoms with E-state index < -0.39 is 0 Å². The average Bonchev–Trinajstić information content (AvgIpc) is 3.31. The van der Waals surface area contributed by atoms with Crippen molar-refractivity contribution in [3.63, 3.8) is 0 Å². The van der Waals surface area contributed by atoms with Gasteiger partial charge in [-0.1, -0.05) is 61.9 Å². The van der Waals surface area contributed by atoms with Crippen molar-refractivity contribution in [3.05, 3.63) is 123 Å². The minimum atomic E-state index is 0. The summed E-state index contributed by atoms with van der Waals surface area (Å²) in [6, 6.07) is 34.4. The molecule has 0 atom stereocenters. The van der Waals surface area contributed by atoms with Gasteiger partial charge in [0, 0.05) is 0 Å². The first kappa shape index (κ1) is 32.7. The molecular formula is C28H30Cl2SiZr-4. The quantitative estimate of drug-likeness (QED) is 0.143. The predicted octanol–water partition coefficient (Wildman–Crippen LogP) is 8.76. The molecule has 5 aromatic carbocycles. The van der Waals surface area contributed by atoms with Gasteiger partial charge in [-0.15, -0.1) is 100.0 Å². The zero-order valence-electron chi connectivity index (χ0n) is 19.1. The first-order chi connectivity index (χ1) is 13.7. The third kappa shape index (κ3) is 8.16. The van der Waals surface area contributed by atoms with Gasteiger partial charge in [-0.25, -0.2) is 0 Å². The predicted molar refractivity (Wildman–Crippen MR) is 147 cm³/mol. The van der Waals surface area contributed by atoms with Gasteiger partial charge >= 0.3 is 30.2 Å². The molecular weight excluding hydrogens is 527 g/mol. The van der Waals surface area contributed by atoms with Crippen molar-refractivity contribution < 1.29 is 23.3 Å². The Bertz CT molecular complexity index is 1140. The van der Waals surface area contributed by atoms with Gasteiger partial charge in [0.15, 0.2) is 0 Å². The molecule has 5 rings (SSSR count). The topological polar surface area (TPSA) is 0 Å². The molecule has 0 saturated carbocycles. The van der Waals surface area contributed by atoms with Crippen LogP contribution in [0.4, 0.5) is 0 Å². The number of hydrogen-bond donors (Lipinski definition) is 0. The summed E-state index contributed by atoms with van der Waals surface area (Å²) in [6.45, 7) is 7.33. The molecule has 0 heterocycles. The van der Waals surface area contributed by atoms with Crippen LogP contribution in [0.15, 0.2) is 97.1 Å². The number of halogens is 2. The Balaban J connectivity index is 0. The molecule has 0 bridgehead atoms. The second-order valence-corrected chi connectivity index (χ2v) is 6.87. The molecule has 5 aromatic rings. The van der Waals surface area contributed by atoms with E-state index in [4.69, 9.17) is 0 Å². The molecule has 0 amide bonds. The summed E-state index contributed by atoms with van der Waals surface area (Å²) in [7, 11) is 0. The maximum atomic E-state index is 3.06. The van der Waals surface area contributed by atoms with Gasteiger partial charge in [0.05, 0.1) is 0 Å². The molecule has 0 aliphatic rings. The minimum absolute atomic E-state index is 0. The van der Waals surface area contributed by atoms with Crippen LogP contribution < -0.4 is 0 Å². The zero-order valence-corrected chi connectivity index (χ0v) is 24.1. The van der Waals surface area contributed by atoms with Crippen LogP contribution in [0, 0.1) is 28.7 Å². The summed E-state index contributed by atoms with van der Waals surface area (Å²) in [4.78, 5) is 0. The van der Waals surface area contributed by atoms with Crippen molar-refractivity contribution in [1.29, 1.82) is 0 Å². The number of rotatable bonds is 1. The molecule has 0 aliphatic heterocycles. The average molecular weight is 557 g/mol. The third-order valence-electron chi connectivity index (χ3n) is 4.74. The Labute approximate surface area is 223 Å². The van der Waals surface area contributed by atoms with Crippen LogP contribution in [0.5, 0.6) is 0 Å². The van der Waals surface area contributed by atoms with E-state index in [1.54, 1.807) is 0 Å². The normalized spacial score (nSPS) is 8.78. The number of aryl methyl sites for hydroxylation is 2. The van der Waals surface area contributed by atoms with Crippen LogP contribution in [-0.2, 0) is 23.3 Å². The monoisotopic (exact) mass is 554 g/mol. The van der Waals surface area contributed by atoms with E-state index in [-0.39, 0.29) is 39.7 Å². The van der Waals surface area contributed by atoms with Gasteiger partial charge < -0.3 is 14.9 Å². The Morgan fingerprint density at radius 1 is 0.625 bits per heavy atom. The fraction of sp³-hybridized carbons (Fsp3) is 0.0714. The van der Waals surface area contributed by atoms with Gasteiger partial charge in [-0.2, -0.15) is 12.1 Å². The Kier molecular flexibility index (Phi) is 16.6. The molecule has 0 nitrogen and oxygen atoms in total. The SMILES string of the molecule is Cc1cc2c(-c3ccccc3)cccc2[cH-]1.Cc1cc2ccccc2[cH-]1.Cl.Cl.[CH3-].[CH3-].[Si]=[Zr]. The summed E-state index contributed by atoms with van der Waals surface area (Å²) in [5.74, 6) is 0. The fourth-order valence-electron chi connectivity index (χ4n) is 3.56. The van der Waals surface area contributed by atoms with Gasteiger partial charge in [0.25, 0.3) is 0 Å². The standard InChI is InChI=1S/C16H13.C10H9.2CH3.2ClH.Si.Zr/c1-12-10-14-8-5-9-15(16(14)11-12)13-6-3-2-4-7-13;1-8-6-9-4-2-3-5-10(9)7-8;;;;;;/h2-11H,1H3;2-7H,1H3;2*1H3;2*1H;;/q4*-1;;;;. The van der Waals surface area contributed by atoms with E-state index >= 15 is 0 Å². The van der Waals surface area contributed by atoms with Crippen molar-refractivity contribution in [2.75, 3.05) is 0 Å². The summed E-state index contributed by atoms with van der Waals surface area (Å²) >= 11 is 1.36. The zero-order chi connectivity index (χ0) is 19.9. The molecule has 0 unspecified atom stereocenters. The summed E-state index contributed by atoms with van der Waals surface area (Å²) in [5.41, 5.74) is 5.30. The first-order valence-corrected chi connectivity index (χ1v) is 13.5. The van der Waals surface area contributed by atoms with Crippen LogP contribution in [0.3, 0.4) is 0 Å². The van der Waals surface area contributed by atoms with Crippen LogP contribution in [0.25, 0.3) is 32.7 Å². The van der Waals surface area contributed by atoms with Crippen LogP contribution in [-0.4, -0.2) is 6.88 Å². The molecule has 2 radical (unpaired) electrons. The van der Waals surface area contributed by atoms with Crippen molar-refractivity contribution in [3.8, 4) is 11.1 Å². The maximum absolute atomic E-state index is 3.06. The number of fused-ring (bicyclic) bond motifs is 2. The molecule has 32 heavy (non-hydrogen) atoms. The molecule has 0 aliphatic carbocycles. The summed E-state index contributed by atoms with van der Waals surface area (Å²) < 4.78 is 0. The summed E-state index contributed by atoms with van der Waals surface area (Å²) in [6.07, 6.45) is 0. The van der Waals surface area contributed by atoms with Crippen LogP contribution in [0.1, 0.15) is 11.1 Å². The van der Waals surface area contributed by atoms with E-state index in [1.165, 1.54) is 67.1 Å². The molecule has 0 saturated heterocycles. The molecule has 0 N–H and O–H groups in total.